The summed E-state index contributed by atoms with van der Waals surface area (Å²) in [5.74, 6) is 0.185. The molecule has 0 atom stereocenters. The van der Waals surface area contributed by atoms with E-state index in [9.17, 15) is 8.42 Å². The molecule has 21 heavy (non-hydrogen) atoms. The quantitative estimate of drug-likeness (QED) is 0.749. The smallest absolute Gasteiger partial charge is 0.180 e. The molecule has 4 nitrogen and oxygen atoms in total. The van der Waals surface area contributed by atoms with Crippen molar-refractivity contribution in [2.75, 3.05) is 24.2 Å². The van der Waals surface area contributed by atoms with E-state index in [1.807, 2.05) is 19.1 Å². The Morgan fingerprint density at radius 2 is 1.95 bits per heavy atom. The summed E-state index contributed by atoms with van der Waals surface area (Å²) in [6.07, 6.45) is 5.85. The Morgan fingerprint density at radius 1 is 1.24 bits per heavy atom. The summed E-state index contributed by atoms with van der Waals surface area (Å²) in [4.78, 5) is 0.396. The summed E-state index contributed by atoms with van der Waals surface area (Å²) in [5.41, 5.74) is 0.681. The van der Waals surface area contributed by atoms with E-state index in [2.05, 4.69) is 5.32 Å². The fourth-order valence-corrected chi connectivity index (χ4v) is 4.25. The summed E-state index contributed by atoms with van der Waals surface area (Å²) < 4.78 is 30.2. The highest BCUT2D eigenvalue weighted by molar-refractivity contribution is 7.91. The zero-order chi connectivity index (χ0) is 15.1. The second-order valence-electron chi connectivity index (χ2n) is 5.52. The maximum Gasteiger partial charge on any atom is 0.180 e. The van der Waals surface area contributed by atoms with Crippen molar-refractivity contribution in [2.24, 2.45) is 0 Å². The molecule has 0 radical (unpaired) electrons. The van der Waals surface area contributed by atoms with Gasteiger partial charge in [-0.25, -0.2) is 8.42 Å². The first kappa shape index (κ1) is 16.3. The molecule has 0 aliphatic heterocycles. The standard InChI is InChI=1S/C16H25NO3S/c1-2-13-21(18,19)16-10-6-5-9-15(16)17-11-12-20-14-7-3-4-8-14/h5-6,9-10,14,17H,2-4,7-8,11-13H2,1H3. The SMILES string of the molecule is CCCS(=O)(=O)c1ccccc1NCCOC1CCCC1. The molecule has 1 fully saturated rings. The minimum atomic E-state index is -3.20. The Kier molecular flexibility index (Phi) is 6.06. The molecule has 0 heterocycles. The molecule has 2 rings (SSSR count). The monoisotopic (exact) mass is 311 g/mol. The largest absolute Gasteiger partial charge is 0.382 e. The first-order valence-electron chi connectivity index (χ1n) is 7.81. The molecule has 5 heteroatoms. The van der Waals surface area contributed by atoms with Crippen molar-refractivity contribution in [3.05, 3.63) is 24.3 Å². The van der Waals surface area contributed by atoms with Gasteiger partial charge < -0.3 is 10.1 Å². The highest BCUT2D eigenvalue weighted by Gasteiger charge is 2.17. The summed E-state index contributed by atoms with van der Waals surface area (Å²) in [5, 5.41) is 3.20. The van der Waals surface area contributed by atoms with Gasteiger partial charge in [0.05, 0.1) is 29.0 Å². The predicted octanol–water partition coefficient (Wildman–Crippen LogP) is 3.24. The molecule has 0 unspecified atom stereocenters. The Morgan fingerprint density at radius 3 is 2.67 bits per heavy atom. The van der Waals surface area contributed by atoms with Crippen molar-refractivity contribution in [2.45, 2.75) is 50.0 Å². The Labute approximate surface area is 127 Å². The second kappa shape index (κ2) is 7.80. The van der Waals surface area contributed by atoms with Gasteiger partial charge in [0.2, 0.25) is 0 Å². The third kappa shape index (κ3) is 4.71. The van der Waals surface area contributed by atoms with Gasteiger partial charge in [-0.15, -0.1) is 0 Å². The van der Waals surface area contributed by atoms with Gasteiger partial charge in [-0.3, -0.25) is 0 Å². The summed E-state index contributed by atoms with van der Waals surface area (Å²) in [6.45, 7) is 3.13. The Hall–Kier alpha value is -1.07. The zero-order valence-electron chi connectivity index (χ0n) is 12.7. The second-order valence-corrected chi connectivity index (χ2v) is 7.60. The van der Waals surface area contributed by atoms with Crippen LogP contribution < -0.4 is 5.32 Å². The van der Waals surface area contributed by atoms with Gasteiger partial charge in [-0.1, -0.05) is 31.9 Å². The van der Waals surface area contributed by atoms with Crippen LogP contribution in [0.2, 0.25) is 0 Å². The van der Waals surface area contributed by atoms with Gasteiger partial charge in [0.15, 0.2) is 9.84 Å². The van der Waals surface area contributed by atoms with E-state index in [0.717, 1.165) is 12.8 Å². The number of hydrogen-bond donors (Lipinski definition) is 1. The van der Waals surface area contributed by atoms with Crippen LogP contribution in [0.25, 0.3) is 0 Å². The third-order valence-electron chi connectivity index (χ3n) is 3.77. The van der Waals surface area contributed by atoms with E-state index in [4.69, 9.17) is 4.74 Å². The lowest BCUT2D eigenvalue weighted by atomic mass is 10.3. The number of nitrogens with one attached hydrogen (secondary N) is 1. The molecule has 1 N–H and O–H groups in total. The maximum absolute atomic E-state index is 12.2. The van der Waals surface area contributed by atoms with Crippen molar-refractivity contribution in [1.29, 1.82) is 0 Å². The molecule has 0 saturated heterocycles. The van der Waals surface area contributed by atoms with E-state index in [-0.39, 0.29) is 5.75 Å². The molecule has 0 bridgehead atoms. The number of sulfone groups is 1. The number of anilines is 1. The van der Waals surface area contributed by atoms with Crippen LogP contribution in [-0.2, 0) is 14.6 Å². The number of para-hydroxylation sites is 1. The fraction of sp³-hybridized carbons (Fsp3) is 0.625. The number of ether oxygens (including phenoxy) is 1. The molecule has 0 amide bonds. The molecule has 0 spiro atoms. The average Bonchev–Trinajstić information content (AvgIpc) is 2.97. The Bertz CT molecular complexity index is 536. The van der Waals surface area contributed by atoms with Crippen LogP contribution in [-0.4, -0.2) is 33.4 Å². The van der Waals surface area contributed by atoms with Crippen molar-refractivity contribution in [1.82, 2.24) is 0 Å². The van der Waals surface area contributed by atoms with Crippen molar-refractivity contribution >= 4 is 15.5 Å². The van der Waals surface area contributed by atoms with Crippen molar-refractivity contribution in [3.63, 3.8) is 0 Å². The van der Waals surface area contributed by atoms with Gasteiger partial charge in [0, 0.05) is 6.54 Å². The lowest BCUT2D eigenvalue weighted by molar-refractivity contribution is 0.0659. The van der Waals surface area contributed by atoms with Crippen LogP contribution in [0.4, 0.5) is 5.69 Å². The molecule has 118 valence electrons. The molecule has 1 aliphatic rings. The van der Waals surface area contributed by atoms with Crippen molar-refractivity contribution in [3.8, 4) is 0 Å². The lowest BCUT2D eigenvalue weighted by Crippen LogP contribution is -2.17. The molecule has 1 aromatic carbocycles. The van der Waals surface area contributed by atoms with Gasteiger partial charge in [0.1, 0.15) is 0 Å². The van der Waals surface area contributed by atoms with Gasteiger partial charge in [-0.05, 0) is 31.4 Å². The number of hydrogen-bond acceptors (Lipinski definition) is 4. The van der Waals surface area contributed by atoms with Crippen LogP contribution in [0, 0.1) is 0 Å². The van der Waals surface area contributed by atoms with E-state index in [1.54, 1.807) is 12.1 Å². The molecule has 1 saturated carbocycles. The lowest BCUT2D eigenvalue weighted by Gasteiger charge is -2.14. The highest BCUT2D eigenvalue weighted by Crippen LogP contribution is 2.23. The van der Waals surface area contributed by atoms with Crippen LogP contribution in [0.5, 0.6) is 0 Å². The third-order valence-corrected chi connectivity index (χ3v) is 5.74. The van der Waals surface area contributed by atoms with Crippen molar-refractivity contribution < 1.29 is 13.2 Å². The summed E-state index contributed by atoms with van der Waals surface area (Å²) >= 11 is 0. The maximum atomic E-state index is 12.2. The van der Waals surface area contributed by atoms with E-state index < -0.39 is 9.84 Å². The average molecular weight is 311 g/mol. The Balaban J connectivity index is 1.90. The minimum absolute atomic E-state index is 0.185. The first-order chi connectivity index (χ1) is 10.1. The summed E-state index contributed by atoms with van der Waals surface area (Å²) in [7, 11) is -3.20. The number of benzene rings is 1. The molecular weight excluding hydrogens is 286 g/mol. The predicted molar refractivity (Wildman–Crippen MR) is 85.5 cm³/mol. The molecular formula is C16H25NO3S. The highest BCUT2D eigenvalue weighted by atomic mass is 32.2. The van der Waals surface area contributed by atoms with Gasteiger partial charge in [0.25, 0.3) is 0 Å². The summed E-state index contributed by atoms with van der Waals surface area (Å²) in [6, 6.07) is 7.11. The molecule has 1 aromatic rings. The van der Waals surface area contributed by atoms with E-state index in [1.165, 1.54) is 12.8 Å². The van der Waals surface area contributed by atoms with Crippen LogP contribution in [0.1, 0.15) is 39.0 Å². The fourth-order valence-electron chi connectivity index (χ4n) is 2.73. The van der Waals surface area contributed by atoms with Crippen LogP contribution in [0.15, 0.2) is 29.2 Å². The van der Waals surface area contributed by atoms with Gasteiger partial charge in [-0.2, -0.15) is 0 Å². The van der Waals surface area contributed by atoms with E-state index >= 15 is 0 Å². The number of rotatable bonds is 8. The van der Waals surface area contributed by atoms with Crippen LogP contribution >= 0.6 is 0 Å². The molecule has 0 aromatic heterocycles. The van der Waals surface area contributed by atoms with E-state index in [0.29, 0.717) is 36.3 Å². The first-order valence-corrected chi connectivity index (χ1v) is 9.46. The molecule has 1 aliphatic carbocycles. The zero-order valence-corrected chi connectivity index (χ0v) is 13.5. The topological polar surface area (TPSA) is 55.4 Å². The van der Waals surface area contributed by atoms with Gasteiger partial charge >= 0.3 is 0 Å². The normalized spacial score (nSPS) is 16.2. The minimum Gasteiger partial charge on any atom is -0.382 e. The van der Waals surface area contributed by atoms with Crippen LogP contribution in [0.3, 0.4) is 0 Å².